The lowest BCUT2D eigenvalue weighted by atomic mass is 10.1. The normalized spacial score (nSPS) is 20.2. The molecule has 1 aliphatic rings. The zero-order valence-electron chi connectivity index (χ0n) is 8.78. The van der Waals surface area contributed by atoms with Crippen LogP contribution in [0.4, 0.5) is 0 Å². The molecule has 0 radical (unpaired) electrons. The average molecular weight is 180 g/mol. The van der Waals surface area contributed by atoms with Crippen molar-refractivity contribution in [2.24, 2.45) is 5.41 Å². The maximum atomic E-state index is 3.78. The Kier molecular flexibility index (Phi) is 2.35. The largest absolute Gasteiger partial charge is 0.103 e. The minimum atomic E-state index is -1.04. The molecule has 0 spiro atoms. The Bertz CT molecular complexity index is 221. The monoisotopic (exact) mass is 180 g/mol. The second-order valence-electron chi connectivity index (χ2n) is 4.99. The first kappa shape index (κ1) is 9.78. The van der Waals surface area contributed by atoms with Crippen molar-refractivity contribution in [2.45, 2.75) is 39.4 Å². The first-order chi connectivity index (χ1) is 5.40. The number of hydrogen-bond donors (Lipinski definition) is 0. The van der Waals surface area contributed by atoms with E-state index in [1.165, 1.54) is 12.5 Å². The van der Waals surface area contributed by atoms with E-state index in [1.807, 2.05) is 6.08 Å². The zero-order valence-corrected chi connectivity index (χ0v) is 9.78. The predicted molar refractivity (Wildman–Crippen MR) is 59.0 cm³/mol. The van der Waals surface area contributed by atoms with Crippen LogP contribution in [0, 0.1) is 5.41 Å². The zero-order chi connectivity index (χ0) is 9.41. The van der Waals surface area contributed by atoms with Gasteiger partial charge < -0.3 is 0 Å². The van der Waals surface area contributed by atoms with Crippen LogP contribution in [-0.4, -0.2) is 8.07 Å². The molecule has 0 saturated carbocycles. The summed E-state index contributed by atoms with van der Waals surface area (Å²) >= 11 is 0. The average Bonchev–Trinajstić information content (AvgIpc) is 2.57. The third kappa shape index (κ3) is 1.89. The molecule has 1 heteroatoms. The lowest BCUT2D eigenvalue weighted by Gasteiger charge is -2.22. The van der Waals surface area contributed by atoms with Crippen molar-refractivity contribution in [1.29, 1.82) is 0 Å². The van der Waals surface area contributed by atoms with Gasteiger partial charge in [0.05, 0.1) is 8.07 Å². The number of hydrogen-bond acceptors (Lipinski definition) is 0. The van der Waals surface area contributed by atoms with E-state index in [0.29, 0.717) is 5.41 Å². The first-order valence-corrected chi connectivity index (χ1v) is 7.95. The van der Waals surface area contributed by atoms with Gasteiger partial charge in [-0.3, -0.25) is 0 Å². The van der Waals surface area contributed by atoms with Crippen LogP contribution in [0.25, 0.3) is 0 Å². The first-order valence-electron chi connectivity index (χ1n) is 4.75. The van der Waals surface area contributed by atoms with Crippen molar-refractivity contribution in [3.05, 3.63) is 23.9 Å². The van der Waals surface area contributed by atoms with Gasteiger partial charge in [0.1, 0.15) is 0 Å². The summed E-state index contributed by atoms with van der Waals surface area (Å²) in [6.45, 7) is 13.4. The van der Waals surface area contributed by atoms with E-state index >= 15 is 0 Å². The highest BCUT2D eigenvalue weighted by Crippen LogP contribution is 2.49. The fourth-order valence-corrected chi connectivity index (χ4v) is 5.68. The number of allylic oxidation sites excluding steroid dienone is 3. The van der Waals surface area contributed by atoms with Crippen molar-refractivity contribution in [2.75, 3.05) is 0 Å². The Morgan fingerprint density at radius 3 is 2.33 bits per heavy atom. The van der Waals surface area contributed by atoms with Crippen LogP contribution in [0.5, 0.6) is 0 Å². The van der Waals surface area contributed by atoms with Gasteiger partial charge >= 0.3 is 0 Å². The molecule has 0 fully saturated rings. The van der Waals surface area contributed by atoms with E-state index in [2.05, 4.69) is 39.6 Å². The molecule has 0 nitrogen and oxygen atoms in total. The molecule has 0 aromatic rings. The maximum absolute atomic E-state index is 3.78. The van der Waals surface area contributed by atoms with Gasteiger partial charge in [0, 0.05) is 0 Å². The minimum absolute atomic E-state index is 0.469. The van der Waals surface area contributed by atoms with Gasteiger partial charge in [-0.1, -0.05) is 50.3 Å². The molecule has 1 aliphatic carbocycles. The van der Waals surface area contributed by atoms with Crippen LogP contribution in [0.1, 0.15) is 20.3 Å². The topological polar surface area (TPSA) is 0 Å². The van der Waals surface area contributed by atoms with Crippen LogP contribution < -0.4 is 0 Å². The van der Waals surface area contributed by atoms with Crippen LogP contribution >= 0.6 is 0 Å². The van der Waals surface area contributed by atoms with Crippen LogP contribution in [-0.2, 0) is 0 Å². The van der Waals surface area contributed by atoms with E-state index in [9.17, 15) is 0 Å². The van der Waals surface area contributed by atoms with Gasteiger partial charge in [-0.05, 0) is 11.8 Å². The SMILES string of the molecule is C=CCC[Si](C)(C)C1=CC1(C)C. The Morgan fingerprint density at radius 2 is 2.00 bits per heavy atom. The van der Waals surface area contributed by atoms with E-state index in [-0.39, 0.29) is 0 Å². The molecule has 0 amide bonds. The van der Waals surface area contributed by atoms with Crippen molar-refractivity contribution >= 4 is 8.07 Å². The second kappa shape index (κ2) is 2.88. The van der Waals surface area contributed by atoms with Crippen molar-refractivity contribution < 1.29 is 0 Å². The van der Waals surface area contributed by atoms with Crippen LogP contribution in [0.3, 0.4) is 0 Å². The van der Waals surface area contributed by atoms with Gasteiger partial charge in [0.2, 0.25) is 0 Å². The fourth-order valence-electron chi connectivity index (χ4n) is 1.99. The molecule has 1 rings (SSSR count). The molecule has 0 heterocycles. The van der Waals surface area contributed by atoms with Crippen LogP contribution in [0.2, 0.25) is 19.1 Å². The summed E-state index contributed by atoms with van der Waals surface area (Å²) in [6, 6.07) is 1.37. The van der Waals surface area contributed by atoms with Gasteiger partial charge in [-0.2, -0.15) is 0 Å². The molecular formula is C11H20Si. The lowest BCUT2D eigenvalue weighted by molar-refractivity contribution is 0.716. The summed E-state index contributed by atoms with van der Waals surface area (Å²) < 4.78 is 0. The van der Waals surface area contributed by atoms with E-state index in [0.717, 1.165) is 0 Å². The summed E-state index contributed by atoms with van der Waals surface area (Å²) in [5.74, 6) is 0. The Balaban J connectivity index is 2.50. The third-order valence-electron chi connectivity index (χ3n) is 2.82. The number of rotatable bonds is 4. The lowest BCUT2D eigenvalue weighted by Crippen LogP contribution is -2.27. The van der Waals surface area contributed by atoms with Crippen LogP contribution in [0.15, 0.2) is 23.9 Å². The Morgan fingerprint density at radius 1 is 1.50 bits per heavy atom. The summed E-state index contributed by atoms with van der Waals surface area (Å²) in [6.07, 6.45) is 5.68. The Labute approximate surface area is 77.4 Å². The van der Waals surface area contributed by atoms with Gasteiger partial charge in [-0.15, -0.1) is 6.58 Å². The summed E-state index contributed by atoms with van der Waals surface area (Å²) in [5.41, 5.74) is 0.469. The molecule has 0 aromatic heterocycles. The highest BCUT2D eigenvalue weighted by molar-refractivity contribution is 6.85. The minimum Gasteiger partial charge on any atom is -0.103 e. The maximum Gasteiger partial charge on any atom is 0.0765 e. The molecular weight excluding hydrogens is 160 g/mol. The van der Waals surface area contributed by atoms with Gasteiger partial charge in [0.15, 0.2) is 0 Å². The fraction of sp³-hybridized carbons (Fsp3) is 0.636. The standard InChI is InChI=1S/C11H20Si/c1-6-7-8-12(4,5)10-9-11(10,2)3/h6,9H,1,7-8H2,2-5H3. The highest BCUT2D eigenvalue weighted by atomic mass is 28.3. The van der Waals surface area contributed by atoms with Gasteiger partial charge in [-0.25, -0.2) is 0 Å². The molecule has 0 aromatic carbocycles. The molecule has 0 bridgehead atoms. The molecule has 12 heavy (non-hydrogen) atoms. The molecule has 0 unspecified atom stereocenters. The molecule has 0 saturated heterocycles. The quantitative estimate of drug-likeness (QED) is 0.456. The smallest absolute Gasteiger partial charge is 0.0765 e. The third-order valence-corrected chi connectivity index (χ3v) is 6.60. The second-order valence-corrected chi connectivity index (χ2v) is 9.80. The van der Waals surface area contributed by atoms with Crippen molar-refractivity contribution in [3.8, 4) is 0 Å². The molecule has 0 aliphatic heterocycles. The molecule has 0 N–H and O–H groups in total. The van der Waals surface area contributed by atoms with E-state index in [1.54, 1.807) is 5.20 Å². The van der Waals surface area contributed by atoms with E-state index in [4.69, 9.17) is 0 Å². The summed E-state index contributed by atoms with van der Waals surface area (Å²) in [4.78, 5) is 0. The summed E-state index contributed by atoms with van der Waals surface area (Å²) in [7, 11) is -1.04. The highest BCUT2D eigenvalue weighted by Gasteiger charge is 2.43. The van der Waals surface area contributed by atoms with E-state index < -0.39 is 8.07 Å². The summed E-state index contributed by atoms with van der Waals surface area (Å²) in [5, 5.41) is 1.76. The molecule has 68 valence electrons. The molecule has 0 atom stereocenters. The van der Waals surface area contributed by atoms with Gasteiger partial charge in [0.25, 0.3) is 0 Å². The van der Waals surface area contributed by atoms with Crippen molar-refractivity contribution in [1.82, 2.24) is 0 Å². The Hall–Kier alpha value is -0.303. The predicted octanol–water partition coefficient (Wildman–Crippen LogP) is 3.78. The van der Waals surface area contributed by atoms with Crippen molar-refractivity contribution in [3.63, 3.8) is 0 Å².